The van der Waals surface area contributed by atoms with E-state index in [0.29, 0.717) is 6.10 Å². The van der Waals surface area contributed by atoms with Crippen LogP contribution in [0.5, 0.6) is 0 Å². The van der Waals surface area contributed by atoms with Crippen molar-refractivity contribution in [2.45, 2.75) is 57.5 Å². The van der Waals surface area contributed by atoms with Crippen LogP contribution in [0.3, 0.4) is 0 Å². The molecule has 3 heteroatoms. The van der Waals surface area contributed by atoms with Gasteiger partial charge in [-0.25, -0.2) is 0 Å². The van der Waals surface area contributed by atoms with Gasteiger partial charge in [-0.2, -0.15) is 0 Å². The van der Waals surface area contributed by atoms with Crippen molar-refractivity contribution in [3.05, 3.63) is 0 Å². The molecule has 2 heterocycles. The van der Waals surface area contributed by atoms with Crippen molar-refractivity contribution in [2.24, 2.45) is 23.2 Å². The first-order chi connectivity index (χ1) is 10.8. The van der Waals surface area contributed by atoms with Gasteiger partial charge in [0.15, 0.2) is 0 Å². The summed E-state index contributed by atoms with van der Waals surface area (Å²) in [5.41, 5.74) is 0.734. The van der Waals surface area contributed by atoms with E-state index < -0.39 is 0 Å². The summed E-state index contributed by atoms with van der Waals surface area (Å²) in [7, 11) is 1.88. The third-order valence-corrected chi connectivity index (χ3v) is 7.32. The average molecular weight is 306 g/mol. The number of likely N-dealkylation sites (tertiary alicyclic amines) is 1. The Morgan fingerprint density at radius 1 is 0.955 bits per heavy atom. The van der Waals surface area contributed by atoms with E-state index in [1.165, 1.54) is 84.1 Å². The predicted molar refractivity (Wildman–Crippen MR) is 89.9 cm³/mol. The fourth-order valence-electron chi connectivity index (χ4n) is 5.83. The summed E-state index contributed by atoms with van der Waals surface area (Å²) < 4.78 is 5.47. The summed E-state index contributed by atoms with van der Waals surface area (Å²) in [6.07, 6.45) is 12.1. The Balaban J connectivity index is 1.16. The van der Waals surface area contributed by atoms with Crippen LogP contribution >= 0.6 is 0 Å². The number of rotatable bonds is 4. The lowest BCUT2D eigenvalue weighted by atomic mass is 9.48. The topological polar surface area (TPSA) is 24.5 Å². The number of hydrogen-bond acceptors (Lipinski definition) is 3. The SMILES string of the molecule is COC1CC2(C1)CC(C1CCN(CC3CCNCC3)CC1)C2. The molecule has 2 aliphatic carbocycles. The number of ether oxygens (including phenoxy) is 1. The molecular formula is C19H34N2O. The Morgan fingerprint density at radius 2 is 1.64 bits per heavy atom. The van der Waals surface area contributed by atoms with Crippen LogP contribution in [0.2, 0.25) is 0 Å². The van der Waals surface area contributed by atoms with Gasteiger partial charge in [0.25, 0.3) is 0 Å². The standard InChI is InChI=1S/C19H34N2O/c1-22-18-12-19(13-18)10-17(11-19)16-4-8-21(9-5-16)14-15-2-6-20-7-3-15/h15-18,20H,2-14H2,1H3. The van der Waals surface area contributed by atoms with Gasteiger partial charge in [-0.05, 0) is 101 Å². The fourth-order valence-corrected chi connectivity index (χ4v) is 5.83. The second kappa shape index (κ2) is 6.41. The Hall–Kier alpha value is -0.120. The maximum Gasteiger partial charge on any atom is 0.0582 e. The molecule has 4 rings (SSSR count). The summed E-state index contributed by atoms with van der Waals surface area (Å²) in [6, 6.07) is 0. The molecule has 0 bridgehead atoms. The molecule has 2 saturated heterocycles. The molecule has 126 valence electrons. The molecule has 0 aromatic carbocycles. The van der Waals surface area contributed by atoms with Gasteiger partial charge in [-0.3, -0.25) is 0 Å². The van der Waals surface area contributed by atoms with Crippen LogP contribution in [0.1, 0.15) is 51.4 Å². The molecule has 1 N–H and O–H groups in total. The van der Waals surface area contributed by atoms with Crippen molar-refractivity contribution in [1.82, 2.24) is 10.2 Å². The number of nitrogens with one attached hydrogen (secondary N) is 1. The van der Waals surface area contributed by atoms with Gasteiger partial charge in [0.1, 0.15) is 0 Å². The molecule has 0 amide bonds. The summed E-state index contributed by atoms with van der Waals surface area (Å²) in [4.78, 5) is 2.77. The number of nitrogens with zero attached hydrogens (tertiary/aromatic N) is 1. The zero-order valence-corrected chi connectivity index (χ0v) is 14.4. The first-order valence-corrected chi connectivity index (χ1v) is 9.72. The van der Waals surface area contributed by atoms with E-state index in [1.807, 2.05) is 7.11 Å². The van der Waals surface area contributed by atoms with Crippen LogP contribution in [0.15, 0.2) is 0 Å². The highest BCUT2D eigenvalue weighted by atomic mass is 16.5. The van der Waals surface area contributed by atoms with E-state index in [9.17, 15) is 0 Å². The molecule has 2 aliphatic heterocycles. The molecule has 0 unspecified atom stereocenters. The third-order valence-electron chi connectivity index (χ3n) is 7.32. The van der Waals surface area contributed by atoms with Crippen LogP contribution < -0.4 is 5.32 Å². The van der Waals surface area contributed by atoms with Crippen molar-refractivity contribution in [3.8, 4) is 0 Å². The smallest absolute Gasteiger partial charge is 0.0582 e. The van der Waals surface area contributed by atoms with Crippen LogP contribution in [0.4, 0.5) is 0 Å². The van der Waals surface area contributed by atoms with Crippen molar-refractivity contribution in [1.29, 1.82) is 0 Å². The number of hydrogen-bond donors (Lipinski definition) is 1. The maximum absolute atomic E-state index is 5.47. The third kappa shape index (κ3) is 3.09. The van der Waals surface area contributed by atoms with Gasteiger partial charge in [0.2, 0.25) is 0 Å². The monoisotopic (exact) mass is 306 g/mol. The average Bonchev–Trinajstić information content (AvgIpc) is 2.47. The minimum Gasteiger partial charge on any atom is -0.381 e. The second-order valence-electron chi connectivity index (χ2n) is 8.77. The lowest BCUT2D eigenvalue weighted by molar-refractivity contribution is -0.141. The molecule has 4 fully saturated rings. The van der Waals surface area contributed by atoms with Gasteiger partial charge in [0.05, 0.1) is 6.10 Å². The molecule has 4 aliphatic rings. The van der Waals surface area contributed by atoms with Gasteiger partial charge in [-0.1, -0.05) is 0 Å². The molecule has 22 heavy (non-hydrogen) atoms. The van der Waals surface area contributed by atoms with Crippen LogP contribution in [-0.4, -0.2) is 50.8 Å². The zero-order valence-electron chi connectivity index (χ0n) is 14.4. The number of piperidine rings is 2. The largest absolute Gasteiger partial charge is 0.381 e. The van der Waals surface area contributed by atoms with Gasteiger partial charge >= 0.3 is 0 Å². The van der Waals surface area contributed by atoms with Crippen molar-refractivity contribution in [2.75, 3.05) is 39.8 Å². The highest BCUT2D eigenvalue weighted by Crippen LogP contribution is 2.62. The molecule has 0 radical (unpaired) electrons. The fraction of sp³-hybridized carbons (Fsp3) is 1.00. The Bertz CT molecular complexity index is 358. The second-order valence-corrected chi connectivity index (χ2v) is 8.77. The Kier molecular flexibility index (Phi) is 4.49. The molecule has 1 spiro atoms. The van der Waals surface area contributed by atoms with Crippen LogP contribution in [0, 0.1) is 23.2 Å². The van der Waals surface area contributed by atoms with Crippen LogP contribution in [-0.2, 0) is 4.74 Å². The van der Waals surface area contributed by atoms with Crippen molar-refractivity contribution < 1.29 is 4.74 Å². The molecule has 0 atom stereocenters. The summed E-state index contributed by atoms with van der Waals surface area (Å²) in [5.74, 6) is 3.06. The normalized spacial score (nSPS) is 41.3. The molecular weight excluding hydrogens is 272 g/mol. The summed E-state index contributed by atoms with van der Waals surface area (Å²) in [5, 5.41) is 3.49. The van der Waals surface area contributed by atoms with E-state index in [-0.39, 0.29) is 0 Å². The molecule has 0 aromatic heterocycles. The Morgan fingerprint density at radius 3 is 2.27 bits per heavy atom. The van der Waals surface area contributed by atoms with Crippen LogP contribution in [0.25, 0.3) is 0 Å². The van der Waals surface area contributed by atoms with Crippen molar-refractivity contribution in [3.63, 3.8) is 0 Å². The van der Waals surface area contributed by atoms with Gasteiger partial charge < -0.3 is 15.0 Å². The first-order valence-electron chi connectivity index (χ1n) is 9.72. The van der Waals surface area contributed by atoms with E-state index in [1.54, 1.807) is 0 Å². The Labute approximate surface area is 136 Å². The minimum atomic E-state index is 0.591. The van der Waals surface area contributed by atoms with E-state index >= 15 is 0 Å². The molecule has 0 aromatic rings. The molecule has 3 nitrogen and oxygen atoms in total. The highest BCUT2D eigenvalue weighted by molar-refractivity contribution is 5.05. The quantitative estimate of drug-likeness (QED) is 0.864. The predicted octanol–water partition coefficient (Wildman–Crippen LogP) is 2.90. The van der Waals surface area contributed by atoms with Crippen molar-refractivity contribution >= 4 is 0 Å². The summed E-state index contributed by atoms with van der Waals surface area (Å²) >= 11 is 0. The summed E-state index contributed by atoms with van der Waals surface area (Å²) in [6.45, 7) is 6.61. The lowest BCUT2D eigenvalue weighted by Crippen LogP contribution is -2.53. The van der Waals surface area contributed by atoms with E-state index in [0.717, 1.165) is 23.2 Å². The molecule has 2 saturated carbocycles. The lowest BCUT2D eigenvalue weighted by Gasteiger charge is -2.59. The number of methoxy groups -OCH3 is 1. The van der Waals surface area contributed by atoms with Gasteiger partial charge in [-0.15, -0.1) is 0 Å². The first kappa shape index (κ1) is 15.4. The minimum absolute atomic E-state index is 0.591. The zero-order chi connectivity index (χ0) is 15.0. The van der Waals surface area contributed by atoms with E-state index in [4.69, 9.17) is 4.74 Å². The van der Waals surface area contributed by atoms with Gasteiger partial charge in [0, 0.05) is 13.7 Å². The van der Waals surface area contributed by atoms with E-state index in [2.05, 4.69) is 10.2 Å². The highest BCUT2D eigenvalue weighted by Gasteiger charge is 2.54. The maximum atomic E-state index is 5.47.